The van der Waals surface area contributed by atoms with Gasteiger partial charge in [-0.15, -0.1) is 0 Å². The number of amides is 2. The molecule has 0 bridgehead atoms. The lowest BCUT2D eigenvalue weighted by Gasteiger charge is -2.25. The summed E-state index contributed by atoms with van der Waals surface area (Å²) in [6, 6.07) is 16.6. The number of carbonyl (C=O) groups is 2. The van der Waals surface area contributed by atoms with E-state index in [-0.39, 0.29) is 53.9 Å². The zero-order valence-electron chi connectivity index (χ0n) is 35.2. The van der Waals surface area contributed by atoms with Crippen LogP contribution >= 0.6 is 0 Å². The Hall–Kier alpha value is -5.63. The largest absolute Gasteiger partial charge is 0.355 e. The van der Waals surface area contributed by atoms with Crippen LogP contribution in [0.4, 0.5) is 34.1 Å². The second kappa shape index (κ2) is 17.0. The Labute approximate surface area is 356 Å². The van der Waals surface area contributed by atoms with Crippen molar-refractivity contribution in [2.24, 2.45) is 0 Å². The molecule has 324 valence electrons. The van der Waals surface area contributed by atoms with E-state index in [1.807, 2.05) is 12.1 Å². The van der Waals surface area contributed by atoms with Gasteiger partial charge < -0.3 is 21.3 Å². The van der Waals surface area contributed by atoms with E-state index < -0.39 is 48.1 Å². The molecular formula is C43H48N4O11S3. The fraction of sp³-hybridized carbons (Fsp3) is 0.256. The highest BCUT2D eigenvalue weighted by molar-refractivity contribution is 7.86. The molecule has 0 aliphatic carbocycles. The van der Waals surface area contributed by atoms with Gasteiger partial charge in [0.15, 0.2) is 0 Å². The highest BCUT2D eigenvalue weighted by Crippen LogP contribution is 2.43. The summed E-state index contributed by atoms with van der Waals surface area (Å²) in [6.07, 6.45) is 0. The molecule has 5 aromatic carbocycles. The highest BCUT2D eigenvalue weighted by atomic mass is 32.2. The summed E-state index contributed by atoms with van der Waals surface area (Å²) >= 11 is 0. The van der Waals surface area contributed by atoms with Crippen LogP contribution in [-0.4, -0.2) is 50.7 Å². The molecule has 0 aliphatic heterocycles. The Kier molecular flexibility index (Phi) is 13.0. The molecule has 0 aliphatic rings. The molecule has 0 spiro atoms. The minimum Gasteiger partial charge on any atom is -0.355 e. The van der Waals surface area contributed by atoms with Gasteiger partial charge in [-0.25, -0.2) is 0 Å². The van der Waals surface area contributed by atoms with Crippen LogP contribution in [0.15, 0.2) is 75.4 Å². The van der Waals surface area contributed by atoms with Crippen molar-refractivity contribution >= 4 is 76.3 Å². The minimum absolute atomic E-state index is 0.170. The van der Waals surface area contributed by atoms with Crippen molar-refractivity contribution in [2.75, 3.05) is 21.3 Å². The zero-order chi connectivity index (χ0) is 45.7. The Morgan fingerprint density at radius 2 is 0.852 bits per heavy atom. The SMILES string of the molecule is CC(=O)Nc1c(C)c(Nc2ccc(C(c3ccc(Nc4c(C)c(NC(C)=O)c(C)c(S(=O)(=O)O)c4C)c(C)c3)c3ccccc3S(=O)(=O)O)cc2C)c(C)c(S(=O)(=O)O)c1C. The summed E-state index contributed by atoms with van der Waals surface area (Å²) in [5.41, 5.74) is 6.73. The molecule has 5 aromatic rings. The van der Waals surface area contributed by atoms with Gasteiger partial charge in [0.05, 0.1) is 16.3 Å². The lowest BCUT2D eigenvalue weighted by molar-refractivity contribution is -0.115. The third kappa shape index (κ3) is 9.49. The zero-order valence-corrected chi connectivity index (χ0v) is 37.6. The second-order valence-electron chi connectivity index (χ2n) is 15.1. The van der Waals surface area contributed by atoms with Gasteiger partial charge in [0, 0.05) is 42.5 Å². The van der Waals surface area contributed by atoms with Gasteiger partial charge in [-0.3, -0.25) is 23.2 Å². The van der Waals surface area contributed by atoms with Crippen LogP contribution in [0.3, 0.4) is 0 Å². The molecule has 0 saturated heterocycles. The van der Waals surface area contributed by atoms with Gasteiger partial charge >= 0.3 is 0 Å². The van der Waals surface area contributed by atoms with Gasteiger partial charge in [-0.05, 0) is 135 Å². The number of rotatable bonds is 12. The van der Waals surface area contributed by atoms with Crippen LogP contribution in [0.1, 0.15) is 81.0 Å². The minimum atomic E-state index is -4.72. The summed E-state index contributed by atoms with van der Waals surface area (Å²) in [7, 11) is -14.2. The topological polar surface area (TPSA) is 245 Å². The fourth-order valence-electron chi connectivity index (χ4n) is 8.06. The summed E-state index contributed by atoms with van der Waals surface area (Å²) in [6.45, 7) is 15.6. The van der Waals surface area contributed by atoms with Crippen molar-refractivity contribution in [3.05, 3.63) is 122 Å². The average molecular weight is 893 g/mol. The van der Waals surface area contributed by atoms with Gasteiger partial charge in [0.2, 0.25) is 11.8 Å². The average Bonchev–Trinajstić information content (AvgIpc) is 3.12. The first-order valence-electron chi connectivity index (χ1n) is 18.7. The lowest BCUT2D eigenvalue weighted by Crippen LogP contribution is -2.15. The predicted octanol–water partition coefficient (Wildman–Crippen LogP) is 8.48. The number of anilines is 6. The number of carbonyl (C=O) groups excluding carboxylic acids is 2. The maximum absolute atomic E-state index is 12.8. The van der Waals surface area contributed by atoms with Crippen LogP contribution in [-0.2, 0) is 39.9 Å². The molecular weight excluding hydrogens is 845 g/mol. The molecule has 7 N–H and O–H groups in total. The fourth-order valence-corrected chi connectivity index (χ4v) is 10.7. The van der Waals surface area contributed by atoms with E-state index in [0.717, 1.165) is 0 Å². The van der Waals surface area contributed by atoms with Crippen molar-refractivity contribution in [2.45, 2.75) is 89.8 Å². The smallest absolute Gasteiger partial charge is 0.295 e. The van der Waals surface area contributed by atoms with E-state index in [2.05, 4.69) is 21.3 Å². The quantitative estimate of drug-likeness (QED) is 0.0459. The molecule has 0 fully saturated rings. The molecule has 0 radical (unpaired) electrons. The second-order valence-corrected chi connectivity index (χ2v) is 19.2. The van der Waals surface area contributed by atoms with Crippen LogP contribution in [0, 0.1) is 55.4 Å². The third-order valence-electron chi connectivity index (χ3n) is 10.7. The monoisotopic (exact) mass is 892 g/mol. The van der Waals surface area contributed by atoms with Gasteiger partial charge in [-0.2, -0.15) is 25.3 Å². The van der Waals surface area contributed by atoms with Crippen molar-refractivity contribution in [3.8, 4) is 0 Å². The third-order valence-corrected chi connectivity index (χ3v) is 13.9. The maximum atomic E-state index is 12.8. The Bertz CT molecular complexity index is 2840. The first kappa shape index (κ1) is 46.4. The van der Waals surface area contributed by atoms with Crippen molar-refractivity contribution in [3.63, 3.8) is 0 Å². The number of nitrogens with one attached hydrogen (secondary N) is 4. The van der Waals surface area contributed by atoms with Crippen LogP contribution in [0.25, 0.3) is 0 Å². The Morgan fingerprint density at radius 3 is 1.18 bits per heavy atom. The van der Waals surface area contributed by atoms with Crippen molar-refractivity contribution in [1.29, 1.82) is 0 Å². The molecule has 0 heterocycles. The summed E-state index contributed by atoms with van der Waals surface area (Å²) in [5.74, 6) is -1.68. The van der Waals surface area contributed by atoms with Gasteiger partial charge in [0.1, 0.15) is 9.79 Å². The first-order valence-corrected chi connectivity index (χ1v) is 23.1. The number of hydrogen-bond acceptors (Lipinski definition) is 10. The van der Waals surface area contributed by atoms with Gasteiger partial charge in [-0.1, -0.05) is 42.5 Å². The van der Waals surface area contributed by atoms with Crippen molar-refractivity contribution in [1.82, 2.24) is 0 Å². The van der Waals surface area contributed by atoms with E-state index in [4.69, 9.17) is 0 Å². The standard InChI is InChI=1S/C43H48N4O11S3/c1-21-19-31(15-17-34(21)46-40-23(3)38(44-29(9)48)25(5)42(27(40)7)60(53,54)55)37(33-13-11-12-14-36(33)59(50,51)52)32-16-18-35(22(2)20-32)47-41-24(4)39(45-30(10)49)26(6)43(28(41)8)61(56,57)58/h11-20,37,46-47H,1-10H3,(H,44,48)(H,45,49)(H,50,51,52)(H,53,54,55)(H,56,57,58). The molecule has 5 rings (SSSR count). The van der Waals surface area contributed by atoms with E-state index in [1.165, 1.54) is 53.7 Å². The normalized spacial score (nSPS) is 12.0. The van der Waals surface area contributed by atoms with E-state index in [1.54, 1.807) is 64.1 Å². The predicted molar refractivity (Wildman–Crippen MR) is 236 cm³/mol. The van der Waals surface area contributed by atoms with E-state index in [0.29, 0.717) is 56.1 Å². The Morgan fingerprint density at radius 1 is 0.492 bits per heavy atom. The molecule has 0 saturated carbocycles. The summed E-state index contributed by atoms with van der Waals surface area (Å²) in [5, 5.41) is 11.9. The van der Waals surface area contributed by atoms with Crippen LogP contribution in [0.5, 0.6) is 0 Å². The van der Waals surface area contributed by atoms with E-state index >= 15 is 0 Å². The highest BCUT2D eigenvalue weighted by Gasteiger charge is 2.29. The maximum Gasteiger partial charge on any atom is 0.295 e. The molecule has 18 heteroatoms. The number of benzene rings is 5. The Balaban J connectivity index is 1.67. The van der Waals surface area contributed by atoms with E-state index in [9.17, 15) is 48.5 Å². The van der Waals surface area contributed by atoms with Crippen LogP contribution in [0.2, 0.25) is 0 Å². The number of hydrogen-bond donors (Lipinski definition) is 7. The summed E-state index contributed by atoms with van der Waals surface area (Å²) in [4.78, 5) is 23.2. The molecule has 0 aromatic heterocycles. The molecule has 2 amide bonds. The lowest BCUT2D eigenvalue weighted by atomic mass is 9.83. The molecule has 61 heavy (non-hydrogen) atoms. The molecule has 0 atom stereocenters. The van der Waals surface area contributed by atoms with Crippen LogP contribution < -0.4 is 21.3 Å². The summed E-state index contributed by atoms with van der Waals surface area (Å²) < 4.78 is 107. The number of aryl methyl sites for hydroxylation is 2. The van der Waals surface area contributed by atoms with Crippen molar-refractivity contribution < 1.29 is 48.5 Å². The van der Waals surface area contributed by atoms with Gasteiger partial charge in [0.25, 0.3) is 30.4 Å². The molecule has 0 unspecified atom stereocenters. The first-order chi connectivity index (χ1) is 28.1. The molecule has 15 nitrogen and oxygen atoms in total.